The van der Waals surface area contributed by atoms with Gasteiger partial charge in [0.2, 0.25) is 0 Å². The fourth-order valence-corrected chi connectivity index (χ4v) is 3.73. The molecule has 0 bridgehead atoms. The first-order chi connectivity index (χ1) is 11.0. The zero-order chi connectivity index (χ0) is 16.4. The number of hydrogen-bond donors (Lipinski definition) is 1. The van der Waals surface area contributed by atoms with Crippen LogP contribution in [0, 0.1) is 0 Å². The molecule has 5 nitrogen and oxygen atoms in total. The Labute approximate surface area is 135 Å². The molecule has 2 aromatic rings. The predicted molar refractivity (Wildman–Crippen MR) is 86.1 cm³/mol. The summed E-state index contributed by atoms with van der Waals surface area (Å²) < 4.78 is 31.8. The highest BCUT2D eigenvalue weighted by Gasteiger charge is 2.20. The molecule has 1 amide bonds. The molecule has 3 rings (SSSR count). The topological polar surface area (TPSA) is 72.5 Å². The smallest absolute Gasteiger partial charge is 0.265 e. The number of amides is 1. The minimum atomic E-state index is -3.93. The number of ether oxygens (including phenoxy) is 1. The Kier molecular flexibility index (Phi) is 4.09. The van der Waals surface area contributed by atoms with E-state index in [1.54, 1.807) is 24.3 Å². The van der Waals surface area contributed by atoms with Gasteiger partial charge in [-0.2, -0.15) is 0 Å². The fraction of sp³-hybridized carbons (Fsp3) is 0.235. The van der Waals surface area contributed by atoms with E-state index in [4.69, 9.17) is 4.74 Å². The molecule has 6 heteroatoms. The molecule has 1 N–H and O–H groups in total. The average Bonchev–Trinajstić information content (AvgIpc) is 3.02. The van der Waals surface area contributed by atoms with E-state index in [9.17, 15) is 13.2 Å². The number of methoxy groups -OCH3 is 1. The molecule has 0 heterocycles. The zero-order valence-corrected chi connectivity index (χ0v) is 13.5. The van der Waals surface area contributed by atoms with E-state index >= 15 is 0 Å². The number of benzene rings is 2. The van der Waals surface area contributed by atoms with Crippen molar-refractivity contribution in [2.75, 3.05) is 7.11 Å². The minimum absolute atomic E-state index is 0.00800. The van der Waals surface area contributed by atoms with Gasteiger partial charge >= 0.3 is 0 Å². The summed E-state index contributed by atoms with van der Waals surface area (Å²) in [5.41, 5.74) is 2.71. The van der Waals surface area contributed by atoms with Crippen LogP contribution in [0.15, 0.2) is 47.4 Å². The van der Waals surface area contributed by atoms with E-state index in [1.807, 2.05) is 6.07 Å². The van der Waals surface area contributed by atoms with E-state index in [-0.39, 0.29) is 4.90 Å². The summed E-state index contributed by atoms with van der Waals surface area (Å²) in [6, 6.07) is 11.3. The van der Waals surface area contributed by atoms with E-state index in [0.717, 1.165) is 24.8 Å². The molecule has 0 spiro atoms. The van der Waals surface area contributed by atoms with Crippen molar-refractivity contribution >= 4 is 15.9 Å². The van der Waals surface area contributed by atoms with Gasteiger partial charge in [-0.05, 0) is 54.7 Å². The average molecular weight is 331 g/mol. The highest BCUT2D eigenvalue weighted by Crippen LogP contribution is 2.23. The van der Waals surface area contributed by atoms with Gasteiger partial charge in [-0.15, -0.1) is 0 Å². The Morgan fingerprint density at radius 3 is 2.65 bits per heavy atom. The number of sulfonamides is 1. The number of rotatable bonds is 4. The van der Waals surface area contributed by atoms with Crippen LogP contribution < -0.4 is 9.46 Å². The Bertz CT molecular complexity index is 859. The fourth-order valence-electron chi connectivity index (χ4n) is 2.72. The lowest BCUT2D eigenvalue weighted by atomic mass is 10.1. The highest BCUT2D eigenvalue weighted by molar-refractivity contribution is 7.90. The van der Waals surface area contributed by atoms with Gasteiger partial charge in [-0.3, -0.25) is 4.79 Å². The summed E-state index contributed by atoms with van der Waals surface area (Å²) in [4.78, 5) is 12.3. The number of nitrogens with one attached hydrogen (secondary N) is 1. The van der Waals surface area contributed by atoms with Crippen molar-refractivity contribution in [3.8, 4) is 5.75 Å². The molecule has 0 unspecified atom stereocenters. The highest BCUT2D eigenvalue weighted by atomic mass is 32.2. The Morgan fingerprint density at radius 2 is 1.87 bits per heavy atom. The lowest BCUT2D eigenvalue weighted by Crippen LogP contribution is -2.30. The molecule has 1 aliphatic rings. The molecule has 0 aliphatic heterocycles. The molecule has 0 saturated carbocycles. The molecular weight excluding hydrogens is 314 g/mol. The van der Waals surface area contributed by atoms with Crippen molar-refractivity contribution in [2.45, 2.75) is 24.2 Å². The van der Waals surface area contributed by atoms with Gasteiger partial charge in [-0.25, -0.2) is 13.1 Å². The lowest BCUT2D eigenvalue weighted by molar-refractivity contribution is 0.0981. The van der Waals surface area contributed by atoms with E-state index in [2.05, 4.69) is 4.72 Å². The number of aryl methyl sites for hydroxylation is 2. The third kappa shape index (κ3) is 3.22. The van der Waals surface area contributed by atoms with Crippen LogP contribution in [0.1, 0.15) is 27.9 Å². The first-order valence-corrected chi connectivity index (χ1v) is 8.81. The van der Waals surface area contributed by atoms with Crippen LogP contribution in [-0.2, 0) is 22.9 Å². The molecule has 120 valence electrons. The van der Waals surface area contributed by atoms with Crippen molar-refractivity contribution in [3.63, 3.8) is 0 Å². The number of carbonyl (C=O) groups is 1. The van der Waals surface area contributed by atoms with E-state index in [0.29, 0.717) is 11.3 Å². The van der Waals surface area contributed by atoms with Crippen molar-refractivity contribution in [3.05, 3.63) is 59.2 Å². The molecule has 2 aromatic carbocycles. The van der Waals surface area contributed by atoms with Crippen molar-refractivity contribution in [1.82, 2.24) is 4.72 Å². The van der Waals surface area contributed by atoms with Crippen LogP contribution in [0.3, 0.4) is 0 Å². The van der Waals surface area contributed by atoms with Crippen LogP contribution in [0.25, 0.3) is 0 Å². The zero-order valence-electron chi connectivity index (χ0n) is 12.7. The van der Waals surface area contributed by atoms with Crippen LogP contribution in [-0.4, -0.2) is 21.4 Å². The molecule has 0 atom stereocenters. The van der Waals surface area contributed by atoms with Gasteiger partial charge in [0.05, 0.1) is 12.0 Å². The maximum Gasteiger partial charge on any atom is 0.265 e. The second-order valence-electron chi connectivity index (χ2n) is 5.45. The van der Waals surface area contributed by atoms with Crippen molar-refractivity contribution < 1.29 is 17.9 Å². The second-order valence-corrected chi connectivity index (χ2v) is 7.13. The summed E-state index contributed by atoms with van der Waals surface area (Å²) in [6.07, 6.45) is 3.01. The van der Waals surface area contributed by atoms with Crippen molar-refractivity contribution in [2.24, 2.45) is 0 Å². The first kappa shape index (κ1) is 15.6. The van der Waals surface area contributed by atoms with Crippen LogP contribution in [0.2, 0.25) is 0 Å². The van der Waals surface area contributed by atoms with Crippen LogP contribution in [0.5, 0.6) is 5.75 Å². The van der Waals surface area contributed by atoms with Gasteiger partial charge < -0.3 is 4.74 Å². The molecule has 0 radical (unpaired) electrons. The summed E-state index contributed by atoms with van der Waals surface area (Å²) in [5.74, 6) is -0.208. The van der Waals surface area contributed by atoms with Gasteiger partial charge in [0.25, 0.3) is 15.9 Å². The predicted octanol–water partition coefficient (Wildman–Crippen LogP) is 2.30. The molecule has 0 fully saturated rings. The SMILES string of the molecule is COc1cccc(S(=O)(=O)NC(=O)c2ccc3c(c2)CCC3)c1. The van der Waals surface area contributed by atoms with Crippen LogP contribution in [0.4, 0.5) is 0 Å². The summed E-state index contributed by atoms with van der Waals surface area (Å²) >= 11 is 0. The van der Waals surface area contributed by atoms with Gasteiger partial charge in [-0.1, -0.05) is 12.1 Å². The minimum Gasteiger partial charge on any atom is -0.497 e. The third-order valence-corrected chi connectivity index (χ3v) is 5.27. The lowest BCUT2D eigenvalue weighted by Gasteiger charge is -2.09. The third-order valence-electron chi connectivity index (χ3n) is 3.94. The second kappa shape index (κ2) is 6.04. The Balaban J connectivity index is 1.83. The molecule has 0 aromatic heterocycles. The Morgan fingerprint density at radius 1 is 1.09 bits per heavy atom. The first-order valence-electron chi connectivity index (χ1n) is 7.32. The standard InChI is InChI=1S/C17H17NO4S/c1-22-15-6-3-7-16(11-15)23(20,21)18-17(19)14-9-8-12-4-2-5-13(12)10-14/h3,6-11H,2,4-5H2,1H3,(H,18,19). The monoisotopic (exact) mass is 331 g/mol. The number of fused-ring (bicyclic) bond motifs is 1. The largest absolute Gasteiger partial charge is 0.497 e. The summed E-state index contributed by atoms with van der Waals surface area (Å²) in [7, 11) is -2.48. The molecule has 23 heavy (non-hydrogen) atoms. The van der Waals surface area contributed by atoms with Crippen molar-refractivity contribution in [1.29, 1.82) is 0 Å². The maximum absolute atomic E-state index is 12.3. The quantitative estimate of drug-likeness (QED) is 0.933. The number of carbonyl (C=O) groups excluding carboxylic acids is 1. The maximum atomic E-state index is 12.3. The molecule has 1 aliphatic carbocycles. The van der Waals surface area contributed by atoms with E-state index < -0.39 is 15.9 Å². The molecular formula is C17H17NO4S. The summed E-state index contributed by atoms with van der Waals surface area (Å²) in [5, 5.41) is 0. The van der Waals surface area contributed by atoms with Gasteiger partial charge in [0.1, 0.15) is 5.75 Å². The Hall–Kier alpha value is -2.34. The number of hydrogen-bond acceptors (Lipinski definition) is 4. The summed E-state index contributed by atoms with van der Waals surface area (Å²) in [6.45, 7) is 0. The van der Waals surface area contributed by atoms with Gasteiger partial charge in [0, 0.05) is 11.6 Å². The molecule has 0 saturated heterocycles. The van der Waals surface area contributed by atoms with Gasteiger partial charge in [0.15, 0.2) is 0 Å². The van der Waals surface area contributed by atoms with E-state index in [1.165, 1.54) is 24.8 Å². The van der Waals surface area contributed by atoms with Crippen LogP contribution >= 0.6 is 0 Å². The normalized spacial score (nSPS) is 13.4.